The zero-order valence-corrected chi connectivity index (χ0v) is 16.4. The number of thiophene rings is 1. The number of carbonyl (C=O) groups excluding carboxylic acids is 1. The van der Waals surface area contributed by atoms with E-state index in [9.17, 15) is 9.59 Å². The SMILES string of the molecule is Cc1sc2nc(CCC(=O)NC3CCCc4ccccc43)[nH]c(=O)c2c1C. The van der Waals surface area contributed by atoms with E-state index in [0.29, 0.717) is 24.1 Å². The van der Waals surface area contributed by atoms with Gasteiger partial charge in [0.15, 0.2) is 0 Å². The van der Waals surface area contributed by atoms with Gasteiger partial charge in [0.25, 0.3) is 5.56 Å². The first-order chi connectivity index (χ1) is 13.0. The average molecular weight is 382 g/mol. The van der Waals surface area contributed by atoms with E-state index in [2.05, 4.69) is 33.5 Å². The number of amides is 1. The third-order valence-electron chi connectivity index (χ3n) is 5.38. The van der Waals surface area contributed by atoms with Gasteiger partial charge in [-0.25, -0.2) is 4.98 Å². The molecule has 1 aliphatic carbocycles. The summed E-state index contributed by atoms with van der Waals surface area (Å²) in [7, 11) is 0. The van der Waals surface area contributed by atoms with Crippen LogP contribution in [0.5, 0.6) is 0 Å². The molecule has 3 aromatic rings. The maximum Gasteiger partial charge on any atom is 0.259 e. The summed E-state index contributed by atoms with van der Waals surface area (Å²) in [4.78, 5) is 34.1. The van der Waals surface area contributed by atoms with Gasteiger partial charge in [0.2, 0.25) is 5.91 Å². The molecule has 0 spiro atoms. The average Bonchev–Trinajstić information content (AvgIpc) is 2.95. The molecular formula is C21H23N3O2S. The lowest BCUT2D eigenvalue weighted by Crippen LogP contribution is -2.31. The van der Waals surface area contributed by atoms with Crippen molar-refractivity contribution < 1.29 is 4.79 Å². The lowest BCUT2D eigenvalue weighted by Gasteiger charge is -2.26. The van der Waals surface area contributed by atoms with Crippen LogP contribution in [0.2, 0.25) is 0 Å². The van der Waals surface area contributed by atoms with Crippen LogP contribution in [0.25, 0.3) is 10.2 Å². The number of aromatic nitrogens is 2. The van der Waals surface area contributed by atoms with Gasteiger partial charge in [0.1, 0.15) is 10.7 Å². The smallest absolute Gasteiger partial charge is 0.259 e. The molecule has 0 fully saturated rings. The van der Waals surface area contributed by atoms with Gasteiger partial charge in [0, 0.05) is 17.7 Å². The predicted molar refractivity (Wildman–Crippen MR) is 108 cm³/mol. The fourth-order valence-electron chi connectivity index (χ4n) is 3.82. The molecule has 0 bridgehead atoms. The Morgan fingerprint density at radius 3 is 3.00 bits per heavy atom. The summed E-state index contributed by atoms with van der Waals surface area (Å²) in [5.41, 5.74) is 3.44. The first-order valence-electron chi connectivity index (χ1n) is 9.39. The van der Waals surface area contributed by atoms with Crippen molar-refractivity contribution in [3.8, 4) is 0 Å². The standard InChI is InChI=1S/C21H23N3O2S/c1-12-13(2)27-21-19(12)20(26)23-17(24-21)10-11-18(25)22-16-9-5-7-14-6-3-4-8-15(14)16/h3-4,6,8,16H,5,7,9-11H2,1-2H3,(H,22,25)(H,23,24,26). The highest BCUT2D eigenvalue weighted by atomic mass is 32.1. The van der Waals surface area contributed by atoms with E-state index >= 15 is 0 Å². The summed E-state index contributed by atoms with van der Waals surface area (Å²) in [5, 5.41) is 3.83. The molecule has 4 rings (SSSR count). The van der Waals surface area contributed by atoms with Crippen LogP contribution < -0.4 is 10.9 Å². The number of hydrogen-bond acceptors (Lipinski definition) is 4. The molecule has 1 atom stereocenters. The number of rotatable bonds is 4. The van der Waals surface area contributed by atoms with Crippen molar-refractivity contribution in [2.75, 3.05) is 0 Å². The zero-order valence-electron chi connectivity index (χ0n) is 15.6. The van der Waals surface area contributed by atoms with Crippen molar-refractivity contribution in [2.45, 2.75) is 52.0 Å². The van der Waals surface area contributed by atoms with Crippen LogP contribution in [0, 0.1) is 13.8 Å². The Balaban J connectivity index is 1.44. The number of fused-ring (bicyclic) bond motifs is 2. The molecule has 6 heteroatoms. The maximum atomic E-state index is 12.5. The van der Waals surface area contributed by atoms with Gasteiger partial charge in [0.05, 0.1) is 11.4 Å². The van der Waals surface area contributed by atoms with Crippen LogP contribution in [0.1, 0.15) is 52.7 Å². The second kappa shape index (κ2) is 7.27. The summed E-state index contributed by atoms with van der Waals surface area (Å²) >= 11 is 1.53. The largest absolute Gasteiger partial charge is 0.349 e. The topological polar surface area (TPSA) is 74.8 Å². The molecule has 0 saturated heterocycles. The summed E-state index contributed by atoms with van der Waals surface area (Å²) in [6, 6.07) is 8.41. The predicted octanol–water partition coefficient (Wildman–Crippen LogP) is 3.73. The number of H-pyrrole nitrogens is 1. The van der Waals surface area contributed by atoms with E-state index in [4.69, 9.17) is 0 Å². The fraction of sp³-hybridized carbons (Fsp3) is 0.381. The highest BCUT2D eigenvalue weighted by Crippen LogP contribution is 2.29. The van der Waals surface area contributed by atoms with Gasteiger partial charge < -0.3 is 10.3 Å². The lowest BCUT2D eigenvalue weighted by atomic mass is 9.87. The van der Waals surface area contributed by atoms with E-state index in [1.54, 1.807) is 0 Å². The third kappa shape index (κ3) is 3.54. The van der Waals surface area contributed by atoms with Crippen LogP contribution in [-0.4, -0.2) is 15.9 Å². The number of benzene rings is 1. The Bertz CT molecular complexity index is 1070. The molecule has 27 heavy (non-hydrogen) atoms. The Hall–Kier alpha value is -2.47. The molecule has 1 aliphatic rings. The van der Waals surface area contributed by atoms with Crippen molar-refractivity contribution in [3.05, 3.63) is 62.0 Å². The van der Waals surface area contributed by atoms with E-state index in [1.165, 1.54) is 22.5 Å². The van der Waals surface area contributed by atoms with Crippen LogP contribution in [0.15, 0.2) is 29.1 Å². The van der Waals surface area contributed by atoms with Gasteiger partial charge >= 0.3 is 0 Å². The number of nitrogens with one attached hydrogen (secondary N) is 2. The Morgan fingerprint density at radius 2 is 2.15 bits per heavy atom. The minimum absolute atomic E-state index is 0.00186. The molecule has 5 nitrogen and oxygen atoms in total. The molecule has 2 N–H and O–H groups in total. The summed E-state index contributed by atoms with van der Waals surface area (Å²) in [5.74, 6) is 0.575. The molecule has 0 aliphatic heterocycles. The summed E-state index contributed by atoms with van der Waals surface area (Å²) in [6.45, 7) is 3.94. The van der Waals surface area contributed by atoms with Gasteiger partial charge in [-0.2, -0.15) is 0 Å². The van der Waals surface area contributed by atoms with E-state index in [0.717, 1.165) is 34.5 Å². The first-order valence-corrected chi connectivity index (χ1v) is 10.2. The van der Waals surface area contributed by atoms with E-state index in [1.807, 2.05) is 19.9 Å². The minimum atomic E-state index is -0.113. The number of aryl methyl sites for hydroxylation is 4. The Morgan fingerprint density at radius 1 is 1.33 bits per heavy atom. The Labute approximate surface area is 161 Å². The monoisotopic (exact) mass is 381 g/mol. The van der Waals surface area contributed by atoms with E-state index in [-0.39, 0.29) is 17.5 Å². The highest BCUT2D eigenvalue weighted by molar-refractivity contribution is 7.18. The molecule has 1 aromatic carbocycles. The van der Waals surface area contributed by atoms with Crippen LogP contribution in [-0.2, 0) is 17.6 Å². The normalized spacial score (nSPS) is 16.3. The number of hydrogen-bond donors (Lipinski definition) is 2. The molecule has 2 heterocycles. The van der Waals surface area contributed by atoms with Crippen LogP contribution >= 0.6 is 11.3 Å². The molecule has 1 amide bonds. The quantitative estimate of drug-likeness (QED) is 0.723. The zero-order chi connectivity index (χ0) is 19.0. The lowest BCUT2D eigenvalue weighted by molar-refractivity contribution is -0.121. The van der Waals surface area contributed by atoms with Crippen molar-refractivity contribution >= 4 is 27.5 Å². The fourth-order valence-corrected chi connectivity index (χ4v) is 4.87. The van der Waals surface area contributed by atoms with Crippen molar-refractivity contribution in [1.29, 1.82) is 0 Å². The molecular weight excluding hydrogens is 358 g/mol. The number of carbonyl (C=O) groups is 1. The highest BCUT2D eigenvalue weighted by Gasteiger charge is 2.21. The summed E-state index contributed by atoms with van der Waals surface area (Å²) < 4.78 is 0. The first kappa shape index (κ1) is 17.9. The van der Waals surface area contributed by atoms with Gasteiger partial charge in [-0.05, 0) is 49.8 Å². The van der Waals surface area contributed by atoms with Crippen LogP contribution in [0.4, 0.5) is 0 Å². The van der Waals surface area contributed by atoms with Gasteiger partial charge in [-0.3, -0.25) is 9.59 Å². The molecule has 0 radical (unpaired) electrons. The van der Waals surface area contributed by atoms with Gasteiger partial charge in [-0.15, -0.1) is 11.3 Å². The second-order valence-electron chi connectivity index (χ2n) is 7.19. The second-order valence-corrected chi connectivity index (χ2v) is 8.39. The molecule has 140 valence electrons. The number of nitrogens with zero attached hydrogens (tertiary/aromatic N) is 1. The maximum absolute atomic E-state index is 12.5. The number of aromatic amines is 1. The third-order valence-corrected chi connectivity index (χ3v) is 6.48. The van der Waals surface area contributed by atoms with Gasteiger partial charge in [-0.1, -0.05) is 24.3 Å². The van der Waals surface area contributed by atoms with E-state index < -0.39 is 0 Å². The van der Waals surface area contributed by atoms with Crippen molar-refractivity contribution in [2.24, 2.45) is 0 Å². The minimum Gasteiger partial charge on any atom is -0.349 e. The van der Waals surface area contributed by atoms with Crippen molar-refractivity contribution in [3.63, 3.8) is 0 Å². The van der Waals surface area contributed by atoms with Crippen molar-refractivity contribution in [1.82, 2.24) is 15.3 Å². The summed E-state index contributed by atoms with van der Waals surface area (Å²) in [6.07, 6.45) is 3.88. The Kier molecular flexibility index (Phi) is 4.83. The molecule has 2 aromatic heterocycles. The van der Waals surface area contributed by atoms with Crippen LogP contribution in [0.3, 0.4) is 0 Å². The molecule has 0 saturated carbocycles. The molecule has 1 unspecified atom stereocenters.